The van der Waals surface area contributed by atoms with Crippen molar-refractivity contribution in [3.05, 3.63) is 27.2 Å². The van der Waals surface area contributed by atoms with Gasteiger partial charge in [-0.2, -0.15) is 0 Å². The molecular formula is C12H15BrO3. The second-order valence-corrected chi connectivity index (χ2v) is 4.51. The molecular weight excluding hydrogens is 272 g/mol. The van der Waals surface area contributed by atoms with E-state index in [4.69, 9.17) is 9.84 Å². The molecule has 0 aliphatic rings. The van der Waals surface area contributed by atoms with Crippen LogP contribution in [0.25, 0.3) is 0 Å². The molecule has 1 N–H and O–H groups in total. The van der Waals surface area contributed by atoms with Gasteiger partial charge in [-0.1, -0.05) is 22.0 Å². The van der Waals surface area contributed by atoms with Crippen LogP contribution in [-0.4, -0.2) is 18.2 Å². The van der Waals surface area contributed by atoms with E-state index < -0.39 is 5.97 Å². The maximum atomic E-state index is 10.6. The van der Waals surface area contributed by atoms with Crippen LogP contribution in [0.5, 0.6) is 5.75 Å². The molecule has 16 heavy (non-hydrogen) atoms. The smallest absolute Gasteiger partial charge is 0.303 e. The minimum atomic E-state index is -0.791. The number of carbonyl (C=O) groups is 1. The Hall–Kier alpha value is -1.03. The number of halogens is 1. The molecule has 0 atom stereocenters. The summed E-state index contributed by atoms with van der Waals surface area (Å²) in [6.07, 6.45) is 0.615. The Labute approximate surface area is 104 Å². The van der Waals surface area contributed by atoms with Gasteiger partial charge in [0.1, 0.15) is 5.75 Å². The number of ether oxygens (including phenoxy) is 1. The molecule has 0 bridgehead atoms. The fourth-order valence-corrected chi connectivity index (χ4v) is 2.03. The third-order valence-corrected chi connectivity index (χ3v) is 3.73. The lowest BCUT2D eigenvalue weighted by Gasteiger charge is -2.14. The first-order chi connectivity index (χ1) is 7.47. The molecule has 0 saturated heterocycles. The summed E-state index contributed by atoms with van der Waals surface area (Å²) >= 11 is 3.49. The molecule has 0 aliphatic heterocycles. The van der Waals surface area contributed by atoms with E-state index in [2.05, 4.69) is 15.9 Å². The lowest BCUT2D eigenvalue weighted by Crippen LogP contribution is -2.02. The number of rotatable bonds is 4. The molecule has 1 aromatic carbocycles. The summed E-state index contributed by atoms with van der Waals surface area (Å²) in [5.74, 6) is -0.0148. The maximum Gasteiger partial charge on any atom is 0.303 e. The minimum absolute atomic E-state index is 0.122. The van der Waals surface area contributed by atoms with Crippen molar-refractivity contribution in [2.75, 3.05) is 7.11 Å². The van der Waals surface area contributed by atoms with Crippen molar-refractivity contribution in [1.82, 2.24) is 0 Å². The van der Waals surface area contributed by atoms with Crippen LogP contribution in [-0.2, 0) is 11.2 Å². The Balaban J connectivity index is 3.12. The average Bonchev–Trinajstić information content (AvgIpc) is 2.23. The van der Waals surface area contributed by atoms with Crippen LogP contribution < -0.4 is 4.74 Å². The fraction of sp³-hybridized carbons (Fsp3) is 0.417. The van der Waals surface area contributed by atoms with Crippen LogP contribution in [0.2, 0.25) is 0 Å². The fourth-order valence-electron chi connectivity index (χ4n) is 1.74. The number of hydrogen-bond acceptors (Lipinski definition) is 2. The highest BCUT2D eigenvalue weighted by molar-refractivity contribution is 9.10. The molecule has 0 saturated carbocycles. The van der Waals surface area contributed by atoms with Crippen molar-refractivity contribution >= 4 is 21.9 Å². The number of benzene rings is 1. The molecule has 0 unspecified atom stereocenters. The van der Waals surface area contributed by atoms with E-state index >= 15 is 0 Å². The quantitative estimate of drug-likeness (QED) is 0.925. The van der Waals surface area contributed by atoms with E-state index in [1.54, 1.807) is 7.11 Å². The van der Waals surface area contributed by atoms with Gasteiger partial charge >= 0.3 is 5.97 Å². The van der Waals surface area contributed by atoms with Crippen LogP contribution in [0.15, 0.2) is 10.5 Å². The first kappa shape index (κ1) is 13.0. The zero-order valence-electron chi connectivity index (χ0n) is 9.63. The SMILES string of the molecule is COc1c(CCC(=O)O)cc(C)c(Br)c1C. The van der Waals surface area contributed by atoms with Crippen molar-refractivity contribution in [3.63, 3.8) is 0 Å². The minimum Gasteiger partial charge on any atom is -0.496 e. The molecule has 3 nitrogen and oxygen atoms in total. The Morgan fingerprint density at radius 2 is 2.12 bits per heavy atom. The van der Waals surface area contributed by atoms with Gasteiger partial charge in [-0.05, 0) is 31.4 Å². The Morgan fingerprint density at radius 3 is 2.62 bits per heavy atom. The van der Waals surface area contributed by atoms with E-state index in [0.717, 1.165) is 26.9 Å². The van der Waals surface area contributed by atoms with E-state index in [9.17, 15) is 4.79 Å². The predicted molar refractivity (Wildman–Crippen MR) is 66.1 cm³/mol. The van der Waals surface area contributed by atoms with Gasteiger partial charge in [0.15, 0.2) is 0 Å². The average molecular weight is 287 g/mol. The van der Waals surface area contributed by atoms with Crippen LogP contribution >= 0.6 is 15.9 Å². The van der Waals surface area contributed by atoms with Gasteiger partial charge in [0.2, 0.25) is 0 Å². The van der Waals surface area contributed by atoms with Gasteiger partial charge in [0.05, 0.1) is 7.11 Å². The van der Waals surface area contributed by atoms with E-state index in [0.29, 0.717) is 6.42 Å². The number of carboxylic acid groups (broad SMARTS) is 1. The molecule has 0 aromatic heterocycles. The van der Waals surface area contributed by atoms with E-state index in [1.165, 1.54) is 0 Å². The molecule has 0 spiro atoms. The molecule has 0 radical (unpaired) electrons. The summed E-state index contributed by atoms with van der Waals surface area (Å²) in [4.78, 5) is 10.6. The monoisotopic (exact) mass is 286 g/mol. The number of methoxy groups -OCH3 is 1. The van der Waals surface area contributed by atoms with Crippen molar-refractivity contribution in [3.8, 4) is 5.75 Å². The Kier molecular flexibility index (Phi) is 4.35. The zero-order valence-corrected chi connectivity index (χ0v) is 11.2. The van der Waals surface area contributed by atoms with Gasteiger partial charge in [-0.25, -0.2) is 0 Å². The van der Waals surface area contributed by atoms with Gasteiger partial charge in [0, 0.05) is 16.5 Å². The highest BCUT2D eigenvalue weighted by Crippen LogP contribution is 2.33. The van der Waals surface area contributed by atoms with Crippen molar-refractivity contribution in [2.24, 2.45) is 0 Å². The third kappa shape index (κ3) is 2.76. The molecule has 0 aliphatic carbocycles. The second-order valence-electron chi connectivity index (χ2n) is 3.72. The first-order valence-corrected chi connectivity index (χ1v) is 5.81. The predicted octanol–water partition coefficient (Wildman–Crippen LogP) is 3.09. The molecule has 0 amide bonds. The lowest BCUT2D eigenvalue weighted by molar-refractivity contribution is -0.136. The van der Waals surface area contributed by atoms with Gasteiger partial charge < -0.3 is 9.84 Å². The number of aryl methyl sites for hydroxylation is 2. The first-order valence-electron chi connectivity index (χ1n) is 5.01. The zero-order chi connectivity index (χ0) is 12.3. The molecule has 4 heteroatoms. The molecule has 0 heterocycles. The van der Waals surface area contributed by atoms with Gasteiger partial charge in [-0.15, -0.1) is 0 Å². The second kappa shape index (κ2) is 5.34. The third-order valence-electron chi connectivity index (χ3n) is 2.51. The standard InChI is InChI=1S/C12H15BrO3/c1-7-6-9(4-5-10(14)15)12(16-3)8(2)11(7)13/h6H,4-5H2,1-3H3,(H,14,15). The molecule has 0 fully saturated rings. The van der Waals surface area contributed by atoms with Gasteiger partial charge in [0.25, 0.3) is 0 Å². The van der Waals surface area contributed by atoms with Crippen molar-refractivity contribution in [1.29, 1.82) is 0 Å². The molecule has 1 aromatic rings. The molecule has 88 valence electrons. The molecule has 1 rings (SSSR count). The van der Waals surface area contributed by atoms with Crippen molar-refractivity contribution < 1.29 is 14.6 Å². The number of hydrogen-bond donors (Lipinski definition) is 1. The highest BCUT2D eigenvalue weighted by Gasteiger charge is 2.13. The van der Waals surface area contributed by atoms with Crippen molar-refractivity contribution in [2.45, 2.75) is 26.7 Å². The largest absolute Gasteiger partial charge is 0.496 e. The van der Waals surface area contributed by atoms with Crippen LogP contribution in [0.4, 0.5) is 0 Å². The summed E-state index contributed by atoms with van der Waals surface area (Å²) in [5.41, 5.74) is 3.06. The normalized spacial score (nSPS) is 10.2. The van der Waals surface area contributed by atoms with Crippen LogP contribution in [0.1, 0.15) is 23.1 Å². The maximum absolute atomic E-state index is 10.6. The van der Waals surface area contributed by atoms with Crippen LogP contribution in [0, 0.1) is 13.8 Å². The summed E-state index contributed by atoms with van der Waals surface area (Å²) in [5, 5.41) is 8.68. The highest BCUT2D eigenvalue weighted by atomic mass is 79.9. The topological polar surface area (TPSA) is 46.5 Å². The Morgan fingerprint density at radius 1 is 1.50 bits per heavy atom. The summed E-state index contributed by atoms with van der Waals surface area (Å²) in [7, 11) is 1.61. The number of aliphatic carboxylic acids is 1. The number of carboxylic acids is 1. The summed E-state index contributed by atoms with van der Waals surface area (Å²) in [6, 6.07) is 1.97. The van der Waals surface area contributed by atoms with Gasteiger partial charge in [-0.3, -0.25) is 4.79 Å². The Bertz CT molecular complexity index is 413. The summed E-state index contributed by atoms with van der Waals surface area (Å²) in [6.45, 7) is 3.95. The lowest BCUT2D eigenvalue weighted by atomic mass is 10.0. The summed E-state index contributed by atoms with van der Waals surface area (Å²) < 4.78 is 6.34. The van der Waals surface area contributed by atoms with E-state index in [-0.39, 0.29) is 6.42 Å². The van der Waals surface area contributed by atoms with E-state index in [1.807, 2.05) is 19.9 Å². The van der Waals surface area contributed by atoms with Crippen LogP contribution in [0.3, 0.4) is 0 Å².